The van der Waals surface area contributed by atoms with Crippen molar-refractivity contribution in [3.05, 3.63) is 12.4 Å². The molecule has 94 valence electrons. The number of methoxy groups -OCH3 is 1. The summed E-state index contributed by atoms with van der Waals surface area (Å²) in [5, 5.41) is 3.41. The van der Waals surface area contributed by atoms with Gasteiger partial charge in [-0.2, -0.15) is 0 Å². The van der Waals surface area contributed by atoms with Gasteiger partial charge in [0.1, 0.15) is 0 Å². The minimum absolute atomic E-state index is 0.509. The van der Waals surface area contributed by atoms with Crippen LogP contribution in [0.2, 0.25) is 0 Å². The van der Waals surface area contributed by atoms with Crippen LogP contribution in [0.3, 0.4) is 0 Å². The Bertz CT molecular complexity index is 352. The van der Waals surface area contributed by atoms with Crippen LogP contribution in [0.25, 0.3) is 0 Å². The molecular formula is C13H21N3O. The molecule has 17 heavy (non-hydrogen) atoms. The van der Waals surface area contributed by atoms with Crippen molar-refractivity contribution >= 4 is 5.95 Å². The maximum atomic E-state index is 5.04. The summed E-state index contributed by atoms with van der Waals surface area (Å²) in [5.74, 6) is 3.02. The fraction of sp³-hybridized carbons (Fsp3) is 0.692. The fourth-order valence-electron chi connectivity index (χ4n) is 2.36. The highest BCUT2D eigenvalue weighted by molar-refractivity contribution is 5.28. The smallest absolute Gasteiger partial charge is 0.223 e. The van der Waals surface area contributed by atoms with Gasteiger partial charge in [0.15, 0.2) is 5.75 Å². The molecular weight excluding hydrogens is 214 g/mol. The number of nitrogens with zero attached hydrogens (tertiary/aromatic N) is 2. The predicted octanol–water partition coefficient (Wildman–Crippen LogP) is 2.72. The van der Waals surface area contributed by atoms with Crippen LogP contribution in [0.15, 0.2) is 12.4 Å². The molecule has 0 saturated heterocycles. The Morgan fingerprint density at radius 2 is 1.88 bits per heavy atom. The molecule has 1 fully saturated rings. The lowest BCUT2D eigenvalue weighted by Gasteiger charge is -2.32. The summed E-state index contributed by atoms with van der Waals surface area (Å²) in [7, 11) is 1.62. The zero-order chi connectivity index (χ0) is 12.3. The van der Waals surface area contributed by atoms with E-state index in [-0.39, 0.29) is 0 Å². The summed E-state index contributed by atoms with van der Waals surface area (Å²) in [6, 6.07) is 0.509. The van der Waals surface area contributed by atoms with Crippen LogP contribution in [0.1, 0.15) is 33.1 Å². The standard InChI is InChI=1S/C13H21N3O/c1-9-4-5-11(6-10(9)2)16-13-14-7-12(17-3)8-15-13/h7-11H,4-6H2,1-3H3,(H,14,15,16). The second-order valence-electron chi connectivity index (χ2n) is 5.06. The van der Waals surface area contributed by atoms with Crippen LogP contribution in [-0.2, 0) is 0 Å². The first-order valence-electron chi connectivity index (χ1n) is 6.31. The van der Waals surface area contributed by atoms with Crippen LogP contribution < -0.4 is 10.1 Å². The molecule has 4 nitrogen and oxygen atoms in total. The second kappa shape index (κ2) is 5.34. The van der Waals surface area contributed by atoms with E-state index in [4.69, 9.17) is 4.74 Å². The Morgan fingerprint density at radius 1 is 1.18 bits per heavy atom. The van der Waals surface area contributed by atoms with Crippen molar-refractivity contribution in [1.29, 1.82) is 0 Å². The van der Waals surface area contributed by atoms with E-state index in [0.717, 1.165) is 11.8 Å². The van der Waals surface area contributed by atoms with Crippen LogP contribution in [-0.4, -0.2) is 23.1 Å². The Kier molecular flexibility index (Phi) is 3.82. The second-order valence-corrected chi connectivity index (χ2v) is 5.06. The molecule has 1 aliphatic carbocycles. The van der Waals surface area contributed by atoms with Crippen LogP contribution in [0.5, 0.6) is 5.75 Å². The van der Waals surface area contributed by atoms with Crippen molar-refractivity contribution < 1.29 is 4.74 Å². The van der Waals surface area contributed by atoms with E-state index in [2.05, 4.69) is 29.1 Å². The van der Waals surface area contributed by atoms with Crippen molar-refractivity contribution in [2.24, 2.45) is 11.8 Å². The molecule has 3 atom stereocenters. The molecule has 0 bridgehead atoms. The number of aromatic nitrogens is 2. The molecule has 0 amide bonds. The van der Waals surface area contributed by atoms with Gasteiger partial charge in [0, 0.05) is 6.04 Å². The molecule has 2 rings (SSSR count). The third-order valence-electron chi connectivity index (χ3n) is 3.80. The Labute approximate surface area is 103 Å². The first-order valence-corrected chi connectivity index (χ1v) is 6.31. The maximum absolute atomic E-state index is 5.04. The topological polar surface area (TPSA) is 47.0 Å². The molecule has 1 aromatic rings. The maximum Gasteiger partial charge on any atom is 0.223 e. The molecule has 1 heterocycles. The first kappa shape index (κ1) is 12.1. The molecule has 1 aliphatic rings. The Hall–Kier alpha value is -1.32. The zero-order valence-electron chi connectivity index (χ0n) is 10.8. The largest absolute Gasteiger partial charge is 0.494 e. The van der Waals surface area contributed by atoms with Gasteiger partial charge in [-0.1, -0.05) is 13.8 Å². The van der Waals surface area contributed by atoms with E-state index in [0.29, 0.717) is 17.7 Å². The van der Waals surface area contributed by atoms with Crippen molar-refractivity contribution in [1.82, 2.24) is 9.97 Å². The molecule has 1 N–H and O–H groups in total. The molecule has 4 heteroatoms. The first-order chi connectivity index (χ1) is 8.19. The highest BCUT2D eigenvalue weighted by Crippen LogP contribution is 2.30. The van der Waals surface area contributed by atoms with Crippen molar-refractivity contribution in [3.63, 3.8) is 0 Å². The predicted molar refractivity (Wildman–Crippen MR) is 68.2 cm³/mol. The summed E-state index contributed by atoms with van der Waals surface area (Å²) < 4.78 is 5.04. The molecule has 1 saturated carbocycles. The summed E-state index contributed by atoms with van der Waals surface area (Å²) >= 11 is 0. The highest BCUT2D eigenvalue weighted by atomic mass is 16.5. The van der Waals surface area contributed by atoms with E-state index in [1.54, 1.807) is 19.5 Å². The van der Waals surface area contributed by atoms with E-state index >= 15 is 0 Å². The van der Waals surface area contributed by atoms with E-state index in [9.17, 15) is 0 Å². The number of hydrogen-bond donors (Lipinski definition) is 1. The van der Waals surface area contributed by atoms with Crippen LogP contribution in [0.4, 0.5) is 5.95 Å². The molecule has 1 aromatic heterocycles. The summed E-state index contributed by atoms with van der Waals surface area (Å²) in [6.45, 7) is 4.66. The van der Waals surface area contributed by atoms with Gasteiger partial charge in [-0.25, -0.2) is 9.97 Å². The third kappa shape index (κ3) is 3.08. The SMILES string of the molecule is COc1cnc(NC2CCC(C)C(C)C2)nc1. The monoisotopic (exact) mass is 235 g/mol. The van der Waals surface area contributed by atoms with Crippen molar-refractivity contribution in [2.45, 2.75) is 39.2 Å². The highest BCUT2D eigenvalue weighted by Gasteiger charge is 2.24. The molecule has 0 aliphatic heterocycles. The summed E-state index contributed by atoms with van der Waals surface area (Å²) in [6.07, 6.45) is 7.10. The fourth-order valence-corrected chi connectivity index (χ4v) is 2.36. The van der Waals surface area contributed by atoms with Gasteiger partial charge in [0.2, 0.25) is 5.95 Å². The average Bonchev–Trinajstić information content (AvgIpc) is 2.35. The lowest BCUT2D eigenvalue weighted by molar-refractivity contribution is 0.260. The number of hydrogen-bond acceptors (Lipinski definition) is 4. The summed E-state index contributed by atoms with van der Waals surface area (Å²) in [4.78, 5) is 8.48. The van der Waals surface area contributed by atoms with E-state index < -0.39 is 0 Å². The van der Waals surface area contributed by atoms with Gasteiger partial charge in [-0.05, 0) is 31.1 Å². The minimum atomic E-state index is 0.509. The van der Waals surface area contributed by atoms with Crippen molar-refractivity contribution in [2.75, 3.05) is 12.4 Å². The molecule has 0 aromatic carbocycles. The number of anilines is 1. The summed E-state index contributed by atoms with van der Waals surface area (Å²) in [5.41, 5.74) is 0. The van der Waals surface area contributed by atoms with Gasteiger partial charge in [-0.15, -0.1) is 0 Å². The van der Waals surface area contributed by atoms with Crippen LogP contribution in [0, 0.1) is 11.8 Å². The number of rotatable bonds is 3. The van der Waals surface area contributed by atoms with E-state index in [1.807, 2.05) is 0 Å². The quantitative estimate of drug-likeness (QED) is 0.875. The average molecular weight is 235 g/mol. The normalized spacial score (nSPS) is 28.8. The van der Waals surface area contributed by atoms with Crippen molar-refractivity contribution in [3.8, 4) is 5.75 Å². The zero-order valence-corrected chi connectivity index (χ0v) is 10.8. The molecule has 3 unspecified atom stereocenters. The minimum Gasteiger partial charge on any atom is -0.494 e. The Balaban J connectivity index is 1.92. The third-order valence-corrected chi connectivity index (χ3v) is 3.80. The number of nitrogens with one attached hydrogen (secondary N) is 1. The Morgan fingerprint density at radius 3 is 2.47 bits per heavy atom. The van der Waals surface area contributed by atoms with Gasteiger partial charge < -0.3 is 10.1 Å². The van der Waals surface area contributed by atoms with Gasteiger partial charge in [-0.3, -0.25) is 0 Å². The molecule has 0 radical (unpaired) electrons. The van der Waals surface area contributed by atoms with Gasteiger partial charge >= 0.3 is 0 Å². The van der Waals surface area contributed by atoms with Gasteiger partial charge in [0.05, 0.1) is 19.5 Å². The molecule has 0 spiro atoms. The lowest BCUT2D eigenvalue weighted by Crippen LogP contribution is -2.30. The van der Waals surface area contributed by atoms with Gasteiger partial charge in [0.25, 0.3) is 0 Å². The van der Waals surface area contributed by atoms with Crippen LogP contribution >= 0.6 is 0 Å². The lowest BCUT2D eigenvalue weighted by atomic mass is 9.79. The van der Waals surface area contributed by atoms with E-state index in [1.165, 1.54) is 19.3 Å². The number of ether oxygens (including phenoxy) is 1.